The van der Waals surface area contributed by atoms with Gasteiger partial charge >= 0.3 is 11.1 Å². The number of pyridine rings is 1. The molecule has 0 radical (unpaired) electrons. The van der Waals surface area contributed by atoms with Crippen molar-refractivity contribution in [3.63, 3.8) is 0 Å². The number of halogens is 1. The van der Waals surface area contributed by atoms with E-state index in [1.54, 1.807) is 17.7 Å². The Morgan fingerprint density at radius 3 is 2.34 bits per heavy atom. The number of hydrogen-bond donors (Lipinski definition) is 0. The minimum absolute atomic E-state index is 0.109. The zero-order valence-electron chi connectivity index (χ0n) is 19.6. The van der Waals surface area contributed by atoms with Gasteiger partial charge in [0.25, 0.3) is 0 Å². The van der Waals surface area contributed by atoms with Crippen LogP contribution in [0.4, 0.5) is 5.95 Å². The third-order valence-corrected chi connectivity index (χ3v) is 7.82. The van der Waals surface area contributed by atoms with Crippen molar-refractivity contribution in [2.75, 3.05) is 31.2 Å². The number of fused-ring (bicyclic) bond motifs is 3. The zero-order chi connectivity index (χ0) is 24.1. The molecule has 2 unspecified atom stereocenters. The van der Waals surface area contributed by atoms with Crippen molar-refractivity contribution < 1.29 is 4.74 Å². The van der Waals surface area contributed by atoms with Crippen LogP contribution in [0.3, 0.4) is 0 Å². The number of aromatic nitrogens is 5. The fourth-order valence-electron chi connectivity index (χ4n) is 5.91. The molecular weight excluding hydrogens is 470 g/mol. The minimum atomic E-state index is -0.560. The molecule has 0 N–H and O–H groups in total. The average molecular weight is 498 g/mol. The summed E-state index contributed by atoms with van der Waals surface area (Å²) in [5.74, 6) is 0.743. The van der Waals surface area contributed by atoms with Crippen molar-refractivity contribution >= 4 is 28.7 Å². The van der Waals surface area contributed by atoms with Crippen LogP contribution in [-0.2, 0) is 18.3 Å². The van der Waals surface area contributed by atoms with Gasteiger partial charge in [0.1, 0.15) is 0 Å². The fraction of sp³-hybridized carbons (Fsp3) is 0.542. The van der Waals surface area contributed by atoms with Gasteiger partial charge in [-0.1, -0.05) is 11.6 Å². The third kappa shape index (κ3) is 4.03. The van der Waals surface area contributed by atoms with Gasteiger partial charge in [-0.05, 0) is 31.7 Å². The molecule has 0 aliphatic carbocycles. The molecule has 3 aliphatic heterocycles. The Balaban J connectivity index is 1.26. The van der Waals surface area contributed by atoms with E-state index < -0.39 is 11.1 Å². The second-order valence-corrected chi connectivity index (χ2v) is 10.2. The van der Waals surface area contributed by atoms with E-state index >= 15 is 0 Å². The van der Waals surface area contributed by atoms with Crippen LogP contribution in [0.25, 0.3) is 11.2 Å². The normalized spacial score (nSPS) is 24.9. The average Bonchev–Trinajstić information content (AvgIpc) is 3.13. The second-order valence-electron chi connectivity index (χ2n) is 9.73. The summed E-state index contributed by atoms with van der Waals surface area (Å²) in [5.41, 5.74) is 1.08. The molecule has 2 bridgehead atoms. The summed E-state index contributed by atoms with van der Waals surface area (Å²) >= 11 is 6.14. The highest BCUT2D eigenvalue weighted by molar-refractivity contribution is 6.31. The SMILES string of the molecule is Cn1c(=O)c(=O)n(C2CC3CCC(C2)N3c2ncc(CN3CCOCC3)cn2)c2ncc(Cl)cc21. The molecule has 3 aromatic heterocycles. The Hall–Kier alpha value is -2.82. The van der Waals surface area contributed by atoms with E-state index in [4.69, 9.17) is 26.3 Å². The maximum Gasteiger partial charge on any atom is 0.318 e. The van der Waals surface area contributed by atoms with E-state index in [1.807, 2.05) is 12.4 Å². The summed E-state index contributed by atoms with van der Waals surface area (Å²) in [6.07, 6.45) is 8.88. The number of aryl methyl sites for hydroxylation is 1. The fourth-order valence-corrected chi connectivity index (χ4v) is 6.06. The Labute approximate surface area is 207 Å². The Bertz CT molecular complexity index is 1350. The summed E-state index contributed by atoms with van der Waals surface area (Å²) in [7, 11) is 1.58. The second kappa shape index (κ2) is 9.00. The van der Waals surface area contributed by atoms with Gasteiger partial charge in [-0.15, -0.1) is 0 Å². The van der Waals surface area contributed by atoms with Crippen LogP contribution in [0, 0.1) is 0 Å². The molecular formula is C24H28ClN7O3. The highest BCUT2D eigenvalue weighted by atomic mass is 35.5. The van der Waals surface area contributed by atoms with Crippen molar-refractivity contribution in [1.82, 2.24) is 29.0 Å². The topological polar surface area (TPSA) is 98.4 Å². The summed E-state index contributed by atoms with van der Waals surface area (Å²) < 4.78 is 8.36. The number of morpholine rings is 1. The van der Waals surface area contributed by atoms with E-state index in [0.717, 1.165) is 70.0 Å². The van der Waals surface area contributed by atoms with Gasteiger partial charge < -0.3 is 14.2 Å². The molecule has 6 heterocycles. The monoisotopic (exact) mass is 497 g/mol. The molecule has 3 aliphatic rings. The molecule has 0 amide bonds. The highest BCUT2D eigenvalue weighted by Gasteiger charge is 2.43. The van der Waals surface area contributed by atoms with Gasteiger partial charge in [0, 0.05) is 69.0 Å². The molecule has 0 aromatic carbocycles. The van der Waals surface area contributed by atoms with Crippen LogP contribution >= 0.6 is 11.6 Å². The molecule has 35 heavy (non-hydrogen) atoms. The Morgan fingerprint density at radius 2 is 1.66 bits per heavy atom. The largest absolute Gasteiger partial charge is 0.379 e. The quantitative estimate of drug-likeness (QED) is 0.503. The predicted octanol–water partition coefficient (Wildman–Crippen LogP) is 1.74. The lowest BCUT2D eigenvalue weighted by atomic mass is 9.97. The van der Waals surface area contributed by atoms with Gasteiger partial charge in [0.15, 0.2) is 5.65 Å². The molecule has 2 atom stereocenters. The molecule has 0 saturated carbocycles. The van der Waals surface area contributed by atoms with Gasteiger partial charge in [0.05, 0.1) is 23.8 Å². The summed E-state index contributed by atoms with van der Waals surface area (Å²) in [5, 5.41) is 0.432. The van der Waals surface area contributed by atoms with Crippen molar-refractivity contribution in [2.24, 2.45) is 7.05 Å². The first-order chi connectivity index (χ1) is 17.0. The van der Waals surface area contributed by atoms with Gasteiger partial charge in [-0.25, -0.2) is 15.0 Å². The van der Waals surface area contributed by atoms with E-state index in [2.05, 4.69) is 14.8 Å². The molecule has 6 rings (SSSR count). The molecule has 10 nitrogen and oxygen atoms in total. The van der Waals surface area contributed by atoms with E-state index in [1.165, 1.54) is 10.8 Å². The number of ether oxygens (including phenoxy) is 1. The summed E-state index contributed by atoms with van der Waals surface area (Å²) in [6.45, 7) is 4.22. The standard InChI is InChI=1S/C24H28ClN7O3/c1-29-20-8-16(25)13-26-21(20)32(23(34)22(29)33)19-9-17-2-3-18(10-19)31(17)24-27-11-15(12-28-24)14-30-4-6-35-7-5-30/h8,11-13,17-19H,2-7,9-10,14H2,1H3. The minimum Gasteiger partial charge on any atom is -0.379 e. The first-order valence-electron chi connectivity index (χ1n) is 12.2. The molecule has 3 saturated heterocycles. The molecule has 3 aromatic rings. The van der Waals surface area contributed by atoms with Crippen LogP contribution in [-0.4, -0.2) is 67.4 Å². The zero-order valence-corrected chi connectivity index (χ0v) is 20.4. The predicted molar refractivity (Wildman–Crippen MR) is 132 cm³/mol. The Kier molecular flexibility index (Phi) is 5.82. The lowest BCUT2D eigenvalue weighted by molar-refractivity contribution is 0.0341. The number of piperidine rings is 1. The van der Waals surface area contributed by atoms with E-state index in [-0.39, 0.29) is 18.1 Å². The van der Waals surface area contributed by atoms with E-state index in [9.17, 15) is 9.59 Å². The lowest BCUT2D eigenvalue weighted by Crippen LogP contribution is -2.49. The van der Waals surface area contributed by atoms with Crippen molar-refractivity contribution in [1.29, 1.82) is 0 Å². The van der Waals surface area contributed by atoms with Crippen molar-refractivity contribution in [3.8, 4) is 0 Å². The van der Waals surface area contributed by atoms with Gasteiger partial charge in [-0.2, -0.15) is 0 Å². The van der Waals surface area contributed by atoms with Gasteiger partial charge in [-0.3, -0.25) is 19.1 Å². The van der Waals surface area contributed by atoms with Crippen LogP contribution in [0.15, 0.2) is 34.2 Å². The number of anilines is 1. The van der Waals surface area contributed by atoms with Crippen LogP contribution < -0.4 is 16.0 Å². The first-order valence-corrected chi connectivity index (χ1v) is 12.5. The number of nitrogens with zero attached hydrogens (tertiary/aromatic N) is 7. The third-order valence-electron chi connectivity index (χ3n) is 7.62. The lowest BCUT2D eigenvalue weighted by Gasteiger charge is -2.39. The molecule has 3 fully saturated rings. The summed E-state index contributed by atoms with van der Waals surface area (Å²) in [4.78, 5) is 44.3. The van der Waals surface area contributed by atoms with Gasteiger partial charge in [0.2, 0.25) is 5.95 Å². The summed E-state index contributed by atoms with van der Waals surface area (Å²) in [6, 6.07) is 2.00. The Morgan fingerprint density at radius 1 is 0.971 bits per heavy atom. The van der Waals surface area contributed by atoms with Crippen LogP contribution in [0.2, 0.25) is 5.02 Å². The molecule has 11 heteroatoms. The highest BCUT2D eigenvalue weighted by Crippen LogP contribution is 2.42. The maximum atomic E-state index is 13.1. The maximum absolute atomic E-state index is 13.1. The van der Waals surface area contributed by atoms with Crippen LogP contribution in [0.1, 0.15) is 37.3 Å². The molecule has 0 spiro atoms. The first kappa shape index (κ1) is 22.6. The number of hydrogen-bond acceptors (Lipinski definition) is 8. The van der Waals surface area contributed by atoms with Crippen molar-refractivity contribution in [3.05, 3.63) is 56.0 Å². The van der Waals surface area contributed by atoms with Crippen LogP contribution in [0.5, 0.6) is 0 Å². The van der Waals surface area contributed by atoms with E-state index in [0.29, 0.717) is 16.2 Å². The van der Waals surface area contributed by atoms with Crippen molar-refractivity contribution in [2.45, 2.75) is 50.4 Å². The smallest absolute Gasteiger partial charge is 0.318 e. The number of rotatable bonds is 4. The molecule has 184 valence electrons.